The van der Waals surface area contributed by atoms with E-state index >= 15 is 0 Å². The molecule has 82 valence electrons. The van der Waals surface area contributed by atoms with Crippen LogP contribution in [0.15, 0.2) is 18.7 Å². The van der Waals surface area contributed by atoms with Crippen LogP contribution in [0.1, 0.15) is 19.3 Å². The highest BCUT2D eigenvalue weighted by molar-refractivity contribution is 4.90. The van der Waals surface area contributed by atoms with Gasteiger partial charge in [-0.05, 0) is 12.8 Å². The molecule has 4 nitrogen and oxygen atoms in total. The minimum Gasteiger partial charge on any atom is -0.347 e. The van der Waals surface area contributed by atoms with Gasteiger partial charge in [0.25, 0.3) is 0 Å². The highest BCUT2D eigenvalue weighted by Crippen LogP contribution is 2.42. The Labute approximate surface area is 89.2 Å². The summed E-state index contributed by atoms with van der Waals surface area (Å²) in [6, 6.07) is 0. The fraction of sp³-hybridized carbons (Fsp3) is 0.727. The first-order valence-corrected chi connectivity index (χ1v) is 5.63. The van der Waals surface area contributed by atoms with Gasteiger partial charge in [0, 0.05) is 31.3 Å². The predicted octanol–water partition coefficient (Wildman–Crippen LogP) is 1.43. The fourth-order valence-electron chi connectivity index (χ4n) is 2.75. The molecule has 1 aromatic rings. The quantitative estimate of drug-likeness (QED) is 0.737. The normalized spacial score (nSPS) is 28.9. The van der Waals surface area contributed by atoms with Crippen LogP contribution in [0, 0.1) is 5.92 Å². The second-order valence-corrected chi connectivity index (χ2v) is 4.36. The Balaban J connectivity index is 1.74. The van der Waals surface area contributed by atoms with E-state index in [0.29, 0.717) is 5.92 Å². The van der Waals surface area contributed by atoms with Crippen LogP contribution in [0.5, 0.6) is 0 Å². The maximum absolute atomic E-state index is 5.81. The van der Waals surface area contributed by atoms with Crippen molar-refractivity contribution in [2.24, 2.45) is 5.92 Å². The summed E-state index contributed by atoms with van der Waals surface area (Å²) in [5.41, 5.74) is 0. The van der Waals surface area contributed by atoms with Gasteiger partial charge in [-0.1, -0.05) is 0 Å². The molecule has 0 radical (unpaired) electrons. The first kappa shape index (κ1) is 9.36. The minimum atomic E-state index is -0.274. The van der Waals surface area contributed by atoms with Gasteiger partial charge in [0.05, 0.1) is 19.5 Å². The first-order valence-electron chi connectivity index (χ1n) is 5.63. The lowest BCUT2D eigenvalue weighted by Crippen LogP contribution is -2.36. The number of hydrogen-bond acceptors (Lipinski definition) is 3. The van der Waals surface area contributed by atoms with E-state index in [4.69, 9.17) is 9.47 Å². The number of aromatic nitrogens is 2. The Bertz CT molecular complexity index is 312. The molecule has 15 heavy (non-hydrogen) atoms. The van der Waals surface area contributed by atoms with Gasteiger partial charge >= 0.3 is 0 Å². The van der Waals surface area contributed by atoms with Gasteiger partial charge in [-0.25, -0.2) is 4.98 Å². The Morgan fingerprint density at radius 1 is 1.40 bits per heavy atom. The Morgan fingerprint density at radius 2 is 2.27 bits per heavy atom. The molecular weight excluding hydrogens is 192 g/mol. The summed E-state index contributed by atoms with van der Waals surface area (Å²) < 4.78 is 13.7. The monoisotopic (exact) mass is 208 g/mol. The third kappa shape index (κ3) is 1.58. The van der Waals surface area contributed by atoms with Crippen molar-refractivity contribution >= 4 is 0 Å². The second-order valence-electron chi connectivity index (χ2n) is 4.36. The number of hydrogen-bond donors (Lipinski definition) is 0. The average molecular weight is 208 g/mol. The van der Waals surface area contributed by atoms with Gasteiger partial charge in [-0.15, -0.1) is 0 Å². The zero-order valence-electron chi connectivity index (χ0n) is 8.76. The zero-order chi connectivity index (χ0) is 10.1. The smallest absolute Gasteiger partial charge is 0.172 e. The van der Waals surface area contributed by atoms with Gasteiger partial charge in [-0.2, -0.15) is 0 Å². The molecule has 4 heteroatoms. The van der Waals surface area contributed by atoms with Crippen molar-refractivity contribution in [2.75, 3.05) is 13.2 Å². The Morgan fingerprint density at radius 3 is 3.00 bits per heavy atom. The van der Waals surface area contributed by atoms with E-state index in [0.717, 1.165) is 26.2 Å². The summed E-state index contributed by atoms with van der Waals surface area (Å²) in [7, 11) is 0. The van der Waals surface area contributed by atoms with E-state index in [1.165, 1.54) is 12.8 Å². The summed E-state index contributed by atoms with van der Waals surface area (Å²) in [6.07, 6.45) is 9.13. The maximum atomic E-state index is 5.81. The van der Waals surface area contributed by atoms with Crippen LogP contribution in [0.4, 0.5) is 0 Å². The summed E-state index contributed by atoms with van der Waals surface area (Å²) in [5, 5.41) is 0. The van der Waals surface area contributed by atoms with Crippen molar-refractivity contribution in [3.05, 3.63) is 18.7 Å². The highest BCUT2D eigenvalue weighted by Gasteiger charge is 2.47. The zero-order valence-corrected chi connectivity index (χ0v) is 8.76. The number of nitrogens with zero attached hydrogens (tertiary/aromatic N) is 2. The van der Waals surface area contributed by atoms with Crippen LogP contribution in [-0.2, 0) is 16.0 Å². The van der Waals surface area contributed by atoms with Crippen molar-refractivity contribution in [1.82, 2.24) is 9.55 Å². The Hall–Kier alpha value is -0.870. The van der Waals surface area contributed by atoms with Crippen molar-refractivity contribution in [3.8, 4) is 0 Å². The van der Waals surface area contributed by atoms with Gasteiger partial charge in [0.2, 0.25) is 0 Å². The van der Waals surface area contributed by atoms with E-state index in [1.54, 1.807) is 0 Å². The third-order valence-corrected chi connectivity index (χ3v) is 3.47. The molecule has 1 saturated heterocycles. The van der Waals surface area contributed by atoms with Gasteiger partial charge in [0.15, 0.2) is 5.79 Å². The molecule has 1 atom stereocenters. The molecule has 0 aromatic carbocycles. The number of ether oxygens (including phenoxy) is 2. The van der Waals surface area contributed by atoms with E-state index in [-0.39, 0.29) is 5.79 Å². The molecule has 3 rings (SSSR count). The molecular formula is C11H16N2O2. The summed E-state index contributed by atoms with van der Waals surface area (Å²) in [4.78, 5) is 4.06. The lowest BCUT2D eigenvalue weighted by Gasteiger charge is -2.29. The molecule has 0 N–H and O–H groups in total. The van der Waals surface area contributed by atoms with Crippen LogP contribution in [0.25, 0.3) is 0 Å². The molecule has 1 spiro atoms. The fourth-order valence-corrected chi connectivity index (χ4v) is 2.75. The van der Waals surface area contributed by atoms with Crippen LogP contribution in [0.3, 0.4) is 0 Å². The predicted molar refractivity (Wildman–Crippen MR) is 54.2 cm³/mol. The van der Waals surface area contributed by atoms with Crippen LogP contribution in [-0.4, -0.2) is 28.6 Å². The average Bonchev–Trinajstić information content (AvgIpc) is 2.93. The van der Waals surface area contributed by atoms with Crippen molar-refractivity contribution in [1.29, 1.82) is 0 Å². The van der Waals surface area contributed by atoms with E-state index < -0.39 is 0 Å². The molecule has 1 aliphatic carbocycles. The molecule has 2 heterocycles. The van der Waals surface area contributed by atoms with Crippen molar-refractivity contribution in [3.63, 3.8) is 0 Å². The van der Waals surface area contributed by atoms with E-state index in [1.807, 2.05) is 18.7 Å². The Kier molecular flexibility index (Phi) is 2.25. The maximum Gasteiger partial charge on any atom is 0.172 e. The van der Waals surface area contributed by atoms with E-state index in [2.05, 4.69) is 9.55 Å². The largest absolute Gasteiger partial charge is 0.347 e. The molecule has 1 saturated carbocycles. The van der Waals surface area contributed by atoms with Crippen LogP contribution >= 0.6 is 0 Å². The van der Waals surface area contributed by atoms with Crippen LogP contribution < -0.4 is 0 Å². The van der Waals surface area contributed by atoms with Crippen LogP contribution in [0.2, 0.25) is 0 Å². The summed E-state index contributed by atoms with van der Waals surface area (Å²) in [5.74, 6) is 0.207. The summed E-state index contributed by atoms with van der Waals surface area (Å²) >= 11 is 0. The molecule has 1 aliphatic heterocycles. The summed E-state index contributed by atoms with van der Waals surface area (Å²) in [6.45, 7) is 2.46. The third-order valence-electron chi connectivity index (χ3n) is 3.47. The van der Waals surface area contributed by atoms with E-state index in [9.17, 15) is 0 Å². The number of rotatable bonds is 2. The molecule has 1 unspecified atom stereocenters. The molecule has 2 fully saturated rings. The van der Waals surface area contributed by atoms with Gasteiger partial charge < -0.3 is 14.0 Å². The molecule has 2 aliphatic rings. The van der Waals surface area contributed by atoms with Crippen molar-refractivity contribution < 1.29 is 9.47 Å². The topological polar surface area (TPSA) is 36.3 Å². The molecule has 0 bridgehead atoms. The molecule has 0 amide bonds. The van der Waals surface area contributed by atoms with Gasteiger partial charge in [-0.3, -0.25) is 0 Å². The minimum absolute atomic E-state index is 0.274. The standard InChI is InChI=1S/C11H16N2O2/c1-2-10(8-13-5-4-12-9-13)11(3-1)14-6-7-15-11/h4-5,9-10H,1-3,6-8H2. The molecule has 1 aromatic heterocycles. The lowest BCUT2D eigenvalue weighted by atomic mass is 10.0. The SMILES string of the molecule is c1cn(CC2CCCC23OCCO3)cn1. The lowest BCUT2D eigenvalue weighted by molar-refractivity contribution is -0.183. The van der Waals surface area contributed by atoms with Gasteiger partial charge in [0.1, 0.15) is 0 Å². The first-order chi connectivity index (χ1) is 7.39. The van der Waals surface area contributed by atoms with Crippen molar-refractivity contribution in [2.45, 2.75) is 31.6 Å². The highest BCUT2D eigenvalue weighted by atomic mass is 16.7. The number of imidazole rings is 1. The second kappa shape index (κ2) is 3.61.